The van der Waals surface area contributed by atoms with Crippen LogP contribution in [-0.2, 0) is 11.3 Å². The van der Waals surface area contributed by atoms with E-state index in [1.807, 2.05) is 6.07 Å². The smallest absolute Gasteiger partial charge is 0.310 e. The number of nitriles is 1. The molecule has 0 saturated carbocycles. The predicted octanol–water partition coefficient (Wildman–Crippen LogP) is 1.47. The van der Waals surface area contributed by atoms with Gasteiger partial charge in [-0.3, -0.25) is 4.79 Å². The molecule has 0 fully saturated rings. The monoisotopic (exact) mass is 192 g/mol. The van der Waals surface area contributed by atoms with Gasteiger partial charge < -0.3 is 9.67 Å². The van der Waals surface area contributed by atoms with Crippen LogP contribution < -0.4 is 0 Å². The van der Waals surface area contributed by atoms with Crippen LogP contribution in [0.15, 0.2) is 18.3 Å². The Morgan fingerprint density at radius 3 is 2.86 bits per heavy atom. The summed E-state index contributed by atoms with van der Waals surface area (Å²) in [6.07, 6.45) is 1.71. The molecule has 1 aromatic rings. The fraction of sp³-hybridized carbons (Fsp3) is 0.400. The van der Waals surface area contributed by atoms with Crippen molar-refractivity contribution in [1.29, 1.82) is 5.26 Å². The zero-order valence-corrected chi connectivity index (χ0v) is 8.19. The topological polar surface area (TPSA) is 66.0 Å². The van der Waals surface area contributed by atoms with Gasteiger partial charge in [-0.25, -0.2) is 0 Å². The summed E-state index contributed by atoms with van der Waals surface area (Å²) >= 11 is 0. The second-order valence-electron chi connectivity index (χ2n) is 3.82. The van der Waals surface area contributed by atoms with Crippen molar-refractivity contribution in [3.63, 3.8) is 0 Å². The van der Waals surface area contributed by atoms with E-state index < -0.39 is 11.4 Å². The van der Waals surface area contributed by atoms with Gasteiger partial charge in [0.15, 0.2) is 0 Å². The van der Waals surface area contributed by atoms with E-state index in [0.29, 0.717) is 12.2 Å². The van der Waals surface area contributed by atoms with Gasteiger partial charge in [-0.2, -0.15) is 5.26 Å². The van der Waals surface area contributed by atoms with E-state index in [0.717, 1.165) is 0 Å². The maximum Gasteiger partial charge on any atom is 0.310 e. The molecule has 1 rings (SSSR count). The Kier molecular flexibility index (Phi) is 2.61. The first kappa shape index (κ1) is 10.3. The van der Waals surface area contributed by atoms with E-state index in [1.165, 1.54) is 0 Å². The van der Waals surface area contributed by atoms with E-state index in [4.69, 9.17) is 10.4 Å². The van der Waals surface area contributed by atoms with Crippen molar-refractivity contribution in [3.05, 3.63) is 24.0 Å². The van der Waals surface area contributed by atoms with Gasteiger partial charge in [0.2, 0.25) is 0 Å². The number of hydrogen-bond acceptors (Lipinski definition) is 2. The van der Waals surface area contributed by atoms with Crippen LogP contribution >= 0.6 is 0 Å². The quantitative estimate of drug-likeness (QED) is 0.788. The number of carboxylic acid groups (broad SMARTS) is 1. The van der Waals surface area contributed by atoms with Crippen LogP contribution in [0.5, 0.6) is 0 Å². The molecular formula is C10H12N2O2. The van der Waals surface area contributed by atoms with E-state index in [1.54, 1.807) is 36.7 Å². The molecule has 4 nitrogen and oxygen atoms in total. The SMILES string of the molecule is CC(C)(Cn1cccc1C#N)C(=O)O. The molecule has 4 heteroatoms. The molecule has 1 heterocycles. The lowest BCUT2D eigenvalue weighted by molar-refractivity contribution is -0.147. The van der Waals surface area contributed by atoms with Crippen LogP contribution in [0.2, 0.25) is 0 Å². The normalized spacial score (nSPS) is 10.9. The zero-order valence-electron chi connectivity index (χ0n) is 8.19. The summed E-state index contributed by atoms with van der Waals surface area (Å²) in [5, 5.41) is 17.6. The molecule has 0 unspecified atom stereocenters. The Balaban J connectivity index is 2.90. The molecule has 14 heavy (non-hydrogen) atoms. The highest BCUT2D eigenvalue weighted by Crippen LogP contribution is 2.19. The Morgan fingerprint density at radius 1 is 1.71 bits per heavy atom. The third-order valence-electron chi connectivity index (χ3n) is 2.09. The first-order valence-electron chi connectivity index (χ1n) is 4.26. The molecule has 1 aromatic heterocycles. The molecule has 1 N–H and O–H groups in total. The van der Waals surface area contributed by atoms with Crippen molar-refractivity contribution in [2.24, 2.45) is 5.41 Å². The number of hydrogen-bond donors (Lipinski definition) is 1. The Labute approximate surface area is 82.4 Å². The Morgan fingerprint density at radius 2 is 2.36 bits per heavy atom. The van der Waals surface area contributed by atoms with Crippen molar-refractivity contribution in [1.82, 2.24) is 4.57 Å². The maximum absolute atomic E-state index is 10.9. The third kappa shape index (κ3) is 1.94. The molecule has 0 atom stereocenters. The number of carbonyl (C=O) groups is 1. The fourth-order valence-electron chi connectivity index (χ4n) is 1.15. The summed E-state index contributed by atoms with van der Waals surface area (Å²) < 4.78 is 1.65. The lowest BCUT2D eigenvalue weighted by atomic mass is 9.94. The molecule has 0 spiro atoms. The Hall–Kier alpha value is -1.76. The van der Waals surface area contributed by atoms with Crippen LogP contribution in [0.1, 0.15) is 19.5 Å². The Bertz CT molecular complexity index is 385. The standard InChI is InChI=1S/C10H12N2O2/c1-10(2,9(13)14)7-12-5-3-4-8(12)6-11/h3-5H,7H2,1-2H3,(H,13,14). The number of aromatic nitrogens is 1. The van der Waals surface area contributed by atoms with Crippen LogP contribution in [0.4, 0.5) is 0 Å². The van der Waals surface area contributed by atoms with Gasteiger partial charge in [0.05, 0.1) is 5.41 Å². The molecular weight excluding hydrogens is 180 g/mol. The number of nitrogens with zero attached hydrogens (tertiary/aromatic N) is 2. The van der Waals surface area contributed by atoms with Crippen LogP contribution in [0.25, 0.3) is 0 Å². The van der Waals surface area contributed by atoms with Crippen LogP contribution in [0, 0.1) is 16.7 Å². The average molecular weight is 192 g/mol. The van der Waals surface area contributed by atoms with Crippen molar-refractivity contribution in [2.45, 2.75) is 20.4 Å². The van der Waals surface area contributed by atoms with E-state index >= 15 is 0 Å². The molecule has 74 valence electrons. The number of rotatable bonds is 3. The second-order valence-corrected chi connectivity index (χ2v) is 3.82. The van der Waals surface area contributed by atoms with Gasteiger partial charge in [-0.15, -0.1) is 0 Å². The van der Waals surface area contributed by atoms with Crippen molar-refractivity contribution < 1.29 is 9.90 Å². The van der Waals surface area contributed by atoms with Gasteiger partial charge in [-0.1, -0.05) is 0 Å². The minimum Gasteiger partial charge on any atom is -0.481 e. The minimum absolute atomic E-state index is 0.304. The number of aliphatic carboxylic acids is 1. The molecule has 0 radical (unpaired) electrons. The van der Waals surface area contributed by atoms with Crippen molar-refractivity contribution >= 4 is 5.97 Å². The lowest BCUT2D eigenvalue weighted by Crippen LogP contribution is -2.29. The van der Waals surface area contributed by atoms with Gasteiger partial charge >= 0.3 is 5.97 Å². The maximum atomic E-state index is 10.9. The largest absolute Gasteiger partial charge is 0.481 e. The van der Waals surface area contributed by atoms with Crippen molar-refractivity contribution in [2.75, 3.05) is 0 Å². The highest BCUT2D eigenvalue weighted by atomic mass is 16.4. The number of carboxylic acids is 1. The van der Waals surface area contributed by atoms with E-state index in [-0.39, 0.29) is 0 Å². The minimum atomic E-state index is -0.866. The van der Waals surface area contributed by atoms with Gasteiger partial charge in [0.25, 0.3) is 0 Å². The first-order chi connectivity index (χ1) is 6.47. The van der Waals surface area contributed by atoms with Crippen molar-refractivity contribution in [3.8, 4) is 6.07 Å². The molecule has 0 saturated heterocycles. The van der Waals surface area contributed by atoms with Gasteiger partial charge in [0.1, 0.15) is 11.8 Å². The summed E-state index contributed by atoms with van der Waals surface area (Å²) in [5.74, 6) is -0.866. The van der Waals surface area contributed by atoms with Gasteiger partial charge in [0, 0.05) is 12.7 Å². The van der Waals surface area contributed by atoms with Gasteiger partial charge in [-0.05, 0) is 26.0 Å². The highest BCUT2D eigenvalue weighted by Gasteiger charge is 2.27. The third-order valence-corrected chi connectivity index (χ3v) is 2.09. The molecule has 0 aliphatic rings. The average Bonchev–Trinajstić information content (AvgIpc) is 2.50. The summed E-state index contributed by atoms with van der Waals surface area (Å²) in [5.41, 5.74) is -0.371. The molecule has 0 bridgehead atoms. The molecule has 0 amide bonds. The predicted molar refractivity (Wildman–Crippen MR) is 50.6 cm³/mol. The molecule has 0 aliphatic carbocycles. The fourth-order valence-corrected chi connectivity index (χ4v) is 1.15. The summed E-state index contributed by atoms with van der Waals surface area (Å²) in [4.78, 5) is 10.9. The second kappa shape index (κ2) is 3.54. The van der Waals surface area contributed by atoms with E-state index in [9.17, 15) is 4.79 Å². The summed E-state index contributed by atoms with van der Waals surface area (Å²) in [6, 6.07) is 5.40. The van der Waals surface area contributed by atoms with Crippen LogP contribution in [-0.4, -0.2) is 15.6 Å². The first-order valence-corrected chi connectivity index (χ1v) is 4.26. The highest BCUT2D eigenvalue weighted by molar-refractivity contribution is 5.73. The molecule has 0 aromatic carbocycles. The summed E-state index contributed by atoms with van der Waals surface area (Å²) in [6.45, 7) is 3.57. The summed E-state index contributed by atoms with van der Waals surface area (Å²) in [7, 11) is 0. The van der Waals surface area contributed by atoms with E-state index in [2.05, 4.69) is 0 Å². The molecule has 0 aliphatic heterocycles. The lowest BCUT2D eigenvalue weighted by Gasteiger charge is -2.20. The zero-order chi connectivity index (χ0) is 10.8. The van der Waals surface area contributed by atoms with Crippen LogP contribution in [0.3, 0.4) is 0 Å².